The van der Waals surface area contributed by atoms with Crippen molar-refractivity contribution in [3.63, 3.8) is 0 Å². The Hall–Kier alpha value is -2.93. The van der Waals surface area contributed by atoms with Crippen LogP contribution in [-0.2, 0) is 0 Å². The third-order valence-electron chi connectivity index (χ3n) is 3.45. The minimum Gasteiger partial charge on any atom is -0.495 e. The van der Waals surface area contributed by atoms with Crippen LogP contribution < -0.4 is 15.4 Å². The predicted molar refractivity (Wildman–Crippen MR) is 97.7 cm³/mol. The lowest BCUT2D eigenvalue weighted by Gasteiger charge is -2.11. The maximum Gasteiger partial charge on any atom is 0.229 e. The quantitative estimate of drug-likeness (QED) is 0.640. The van der Waals surface area contributed by atoms with Crippen molar-refractivity contribution in [1.82, 2.24) is 9.97 Å². The van der Waals surface area contributed by atoms with Crippen molar-refractivity contribution in [3.8, 4) is 5.75 Å². The van der Waals surface area contributed by atoms with Crippen LogP contribution in [0.4, 0.5) is 31.9 Å². The summed E-state index contributed by atoms with van der Waals surface area (Å²) >= 11 is 6.11. The summed E-state index contributed by atoms with van der Waals surface area (Å²) in [6.07, 6.45) is 0. The fourth-order valence-corrected chi connectivity index (χ4v) is 2.54. The van der Waals surface area contributed by atoms with E-state index < -0.39 is 11.6 Å². The SMILES string of the molecule is COc1ccc(Nc2nc(C)cc(Nc3ccc(F)c(F)c3)n2)cc1Cl. The number of aryl methyl sites for hydroxylation is 1. The number of nitrogens with zero attached hydrogens (tertiary/aromatic N) is 2. The number of aromatic nitrogens is 2. The van der Waals surface area contributed by atoms with Crippen LogP contribution >= 0.6 is 11.6 Å². The van der Waals surface area contributed by atoms with Crippen molar-refractivity contribution in [2.24, 2.45) is 0 Å². The molecule has 0 saturated heterocycles. The maximum absolute atomic E-state index is 13.3. The van der Waals surface area contributed by atoms with E-state index in [1.165, 1.54) is 13.2 Å². The average Bonchev–Trinajstić information content (AvgIpc) is 2.58. The van der Waals surface area contributed by atoms with Gasteiger partial charge >= 0.3 is 0 Å². The zero-order valence-electron chi connectivity index (χ0n) is 14.0. The number of hydrogen-bond acceptors (Lipinski definition) is 5. The average molecular weight is 377 g/mol. The van der Waals surface area contributed by atoms with Crippen molar-refractivity contribution < 1.29 is 13.5 Å². The van der Waals surface area contributed by atoms with Gasteiger partial charge in [0.05, 0.1) is 12.1 Å². The van der Waals surface area contributed by atoms with Gasteiger partial charge in [-0.25, -0.2) is 13.8 Å². The van der Waals surface area contributed by atoms with Gasteiger partial charge in [0.15, 0.2) is 11.6 Å². The Kier molecular flexibility index (Phi) is 5.18. The monoisotopic (exact) mass is 376 g/mol. The summed E-state index contributed by atoms with van der Waals surface area (Å²) in [5.41, 5.74) is 1.74. The molecule has 134 valence electrons. The van der Waals surface area contributed by atoms with E-state index in [4.69, 9.17) is 16.3 Å². The van der Waals surface area contributed by atoms with Gasteiger partial charge in [0.25, 0.3) is 0 Å². The Balaban J connectivity index is 1.83. The van der Waals surface area contributed by atoms with Crippen molar-refractivity contribution in [2.75, 3.05) is 17.7 Å². The molecular weight excluding hydrogens is 362 g/mol. The molecule has 0 aliphatic heterocycles. The Morgan fingerprint density at radius 1 is 0.923 bits per heavy atom. The summed E-state index contributed by atoms with van der Waals surface area (Å²) in [4.78, 5) is 8.63. The van der Waals surface area contributed by atoms with Gasteiger partial charge in [-0.1, -0.05) is 11.6 Å². The maximum atomic E-state index is 13.3. The molecular formula is C18H15ClF2N4O. The number of methoxy groups -OCH3 is 1. The second kappa shape index (κ2) is 7.53. The number of ether oxygens (including phenoxy) is 1. The molecule has 8 heteroatoms. The molecule has 0 amide bonds. The lowest BCUT2D eigenvalue weighted by atomic mass is 10.3. The van der Waals surface area contributed by atoms with E-state index in [0.29, 0.717) is 39.6 Å². The van der Waals surface area contributed by atoms with Gasteiger partial charge in [-0.15, -0.1) is 0 Å². The fourth-order valence-electron chi connectivity index (χ4n) is 2.28. The van der Waals surface area contributed by atoms with Crippen LogP contribution in [-0.4, -0.2) is 17.1 Å². The molecule has 0 atom stereocenters. The minimum atomic E-state index is -0.938. The first-order valence-electron chi connectivity index (χ1n) is 7.63. The minimum absolute atomic E-state index is 0.330. The smallest absolute Gasteiger partial charge is 0.229 e. The Morgan fingerprint density at radius 3 is 2.35 bits per heavy atom. The van der Waals surface area contributed by atoms with Gasteiger partial charge in [-0.05, 0) is 37.3 Å². The van der Waals surface area contributed by atoms with Gasteiger partial charge in [0.1, 0.15) is 11.6 Å². The van der Waals surface area contributed by atoms with E-state index in [0.717, 1.165) is 12.1 Å². The summed E-state index contributed by atoms with van der Waals surface area (Å²) in [5, 5.41) is 6.42. The third-order valence-corrected chi connectivity index (χ3v) is 3.75. The highest BCUT2D eigenvalue weighted by atomic mass is 35.5. The summed E-state index contributed by atoms with van der Waals surface area (Å²) in [6, 6.07) is 10.4. The van der Waals surface area contributed by atoms with E-state index in [-0.39, 0.29) is 0 Å². The molecule has 0 fully saturated rings. The van der Waals surface area contributed by atoms with Crippen LogP contribution in [0.3, 0.4) is 0 Å². The largest absolute Gasteiger partial charge is 0.495 e. The van der Waals surface area contributed by atoms with Crippen LogP contribution in [0.1, 0.15) is 5.69 Å². The Morgan fingerprint density at radius 2 is 1.65 bits per heavy atom. The molecule has 0 radical (unpaired) electrons. The van der Waals surface area contributed by atoms with E-state index in [9.17, 15) is 8.78 Å². The lowest BCUT2D eigenvalue weighted by Crippen LogP contribution is -2.03. The van der Waals surface area contributed by atoms with Crippen molar-refractivity contribution in [2.45, 2.75) is 6.92 Å². The molecule has 0 saturated carbocycles. The second-order valence-electron chi connectivity index (χ2n) is 5.45. The number of rotatable bonds is 5. The van der Waals surface area contributed by atoms with Gasteiger partial charge in [0.2, 0.25) is 5.95 Å². The first-order valence-corrected chi connectivity index (χ1v) is 8.01. The summed E-state index contributed by atoms with van der Waals surface area (Å²) < 4.78 is 31.5. The van der Waals surface area contributed by atoms with Crippen LogP contribution in [0, 0.1) is 18.6 Å². The third kappa shape index (κ3) is 4.18. The molecule has 0 bridgehead atoms. The van der Waals surface area contributed by atoms with Crippen LogP contribution in [0.15, 0.2) is 42.5 Å². The van der Waals surface area contributed by atoms with Crippen molar-refractivity contribution >= 4 is 34.7 Å². The van der Waals surface area contributed by atoms with E-state index in [1.807, 2.05) is 0 Å². The number of anilines is 4. The summed E-state index contributed by atoms with van der Waals surface area (Å²) in [5.74, 6) is -0.523. The molecule has 0 aliphatic carbocycles. The van der Waals surface area contributed by atoms with Gasteiger partial charge < -0.3 is 15.4 Å². The van der Waals surface area contributed by atoms with Crippen molar-refractivity contribution in [3.05, 3.63) is 64.8 Å². The zero-order chi connectivity index (χ0) is 18.7. The molecule has 5 nitrogen and oxygen atoms in total. The second-order valence-corrected chi connectivity index (χ2v) is 5.85. The molecule has 1 aromatic heterocycles. The highest BCUT2D eigenvalue weighted by Gasteiger charge is 2.08. The molecule has 3 rings (SSSR count). The zero-order valence-corrected chi connectivity index (χ0v) is 14.7. The van der Waals surface area contributed by atoms with Gasteiger partial charge in [0, 0.05) is 29.2 Å². The van der Waals surface area contributed by atoms with Gasteiger partial charge in [-0.3, -0.25) is 0 Å². The Bertz CT molecular complexity index is 952. The molecule has 26 heavy (non-hydrogen) atoms. The highest BCUT2D eigenvalue weighted by molar-refractivity contribution is 6.32. The predicted octanol–water partition coefficient (Wildman–Crippen LogP) is 5.21. The van der Waals surface area contributed by atoms with Crippen LogP contribution in [0.2, 0.25) is 5.02 Å². The first kappa shape index (κ1) is 17.9. The summed E-state index contributed by atoms with van der Waals surface area (Å²) in [7, 11) is 1.54. The fraction of sp³-hybridized carbons (Fsp3) is 0.111. The topological polar surface area (TPSA) is 59.1 Å². The number of hydrogen-bond donors (Lipinski definition) is 2. The first-order chi connectivity index (χ1) is 12.4. The summed E-state index contributed by atoms with van der Waals surface area (Å²) in [6.45, 7) is 1.80. The van der Waals surface area contributed by atoms with E-state index >= 15 is 0 Å². The molecule has 0 spiro atoms. The lowest BCUT2D eigenvalue weighted by molar-refractivity contribution is 0.415. The number of nitrogens with one attached hydrogen (secondary N) is 2. The number of benzene rings is 2. The molecule has 1 heterocycles. The number of halogens is 3. The molecule has 3 aromatic rings. The molecule has 2 N–H and O–H groups in total. The van der Waals surface area contributed by atoms with Crippen LogP contribution in [0.5, 0.6) is 5.75 Å². The Labute approximate surface area is 154 Å². The standard InChI is InChI=1S/C18H15ClF2N4O/c1-10-7-17(23-12-3-5-14(20)15(21)9-12)25-18(22-10)24-11-4-6-16(26-2)13(19)8-11/h3-9H,1-2H3,(H2,22,23,24,25). The molecule has 2 aromatic carbocycles. The molecule has 0 aliphatic rings. The van der Waals surface area contributed by atoms with Gasteiger partial charge in [-0.2, -0.15) is 4.98 Å². The van der Waals surface area contributed by atoms with Crippen molar-refractivity contribution in [1.29, 1.82) is 0 Å². The highest BCUT2D eigenvalue weighted by Crippen LogP contribution is 2.28. The normalized spacial score (nSPS) is 10.5. The van der Waals surface area contributed by atoms with E-state index in [2.05, 4.69) is 20.6 Å². The van der Waals surface area contributed by atoms with Crippen LogP contribution in [0.25, 0.3) is 0 Å². The molecule has 0 unspecified atom stereocenters. The van der Waals surface area contributed by atoms with E-state index in [1.54, 1.807) is 31.2 Å².